The van der Waals surface area contributed by atoms with Crippen LogP contribution in [0.3, 0.4) is 0 Å². The first-order valence-corrected chi connectivity index (χ1v) is 7.90. The van der Waals surface area contributed by atoms with Crippen LogP contribution in [0.5, 0.6) is 0 Å². The Balaban J connectivity index is 1.93. The molecule has 3 heteroatoms. The second kappa shape index (κ2) is 6.88. The second-order valence-electron chi connectivity index (χ2n) is 5.91. The zero-order valence-electron chi connectivity index (χ0n) is 13.0. The molecular formula is C20H20FNO. The molecule has 0 saturated carbocycles. The molecule has 0 radical (unpaired) electrons. The summed E-state index contributed by atoms with van der Waals surface area (Å²) in [5.74, 6) is -0.206. The summed E-state index contributed by atoms with van der Waals surface area (Å²) < 4.78 is 13.2. The number of Topliss-reactive ketones (excluding diaryl/α,β-unsaturated/α-hetero) is 1. The van der Waals surface area contributed by atoms with Crippen molar-refractivity contribution in [2.45, 2.75) is 12.5 Å². The van der Waals surface area contributed by atoms with Crippen molar-refractivity contribution in [3.05, 3.63) is 84.2 Å². The molecule has 0 amide bonds. The molecule has 2 aromatic rings. The second-order valence-corrected chi connectivity index (χ2v) is 5.91. The van der Waals surface area contributed by atoms with Crippen molar-refractivity contribution in [2.24, 2.45) is 5.92 Å². The van der Waals surface area contributed by atoms with Gasteiger partial charge in [0.2, 0.25) is 0 Å². The number of benzene rings is 2. The third-order valence-electron chi connectivity index (χ3n) is 4.47. The molecule has 2 atom stereocenters. The predicted molar refractivity (Wildman–Crippen MR) is 89.8 cm³/mol. The number of nitrogens with zero attached hydrogens (tertiary/aromatic N) is 1. The molecule has 1 heterocycles. The summed E-state index contributed by atoms with van der Waals surface area (Å²) >= 11 is 0. The molecule has 1 saturated heterocycles. The zero-order valence-corrected chi connectivity index (χ0v) is 13.0. The number of carbonyl (C=O) groups is 1. The van der Waals surface area contributed by atoms with Crippen LogP contribution in [0.1, 0.15) is 28.4 Å². The third kappa shape index (κ3) is 3.25. The van der Waals surface area contributed by atoms with E-state index in [2.05, 4.69) is 11.5 Å². The van der Waals surface area contributed by atoms with E-state index in [1.807, 2.05) is 36.4 Å². The van der Waals surface area contributed by atoms with Gasteiger partial charge in [-0.2, -0.15) is 0 Å². The van der Waals surface area contributed by atoms with Gasteiger partial charge >= 0.3 is 0 Å². The average Bonchev–Trinajstić information content (AvgIpc) is 3.00. The number of hydrogen-bond donors (Lipinski definition) is 0. The van der Waals surface area contributed by atoms with Gasteiger partial charge in [0, 0.05) is 24.1 Å². The van der Waals surface area contributed by atoms with Crippen LogP contribution in [0.4, 0.5) is 4.39 Å². The van der Waals surface area contributed by atoms with Crippen LogP contribution in [0.15, 0.2) is 67.3 Å². The van der Waals surface area contributed by atoms with Crippen molar-refractivity contribution in [1.29, 1.82) is 0 Å². The quantitative estimate of drug-likeness (QED) is 0.607. The summed E-state index contributed by atoms with van der Waals surface area (Å²) in [7, 11) is 0. The number of hydrogen-bond acceptors (Lipinski definition) is 2. The van der Waals surface area contributed by atoms with Gasteiger partial charge in [0.05, 0.1) is 0 Å². The van der Waals surface area contributed by atoms with Gasteiger partial charge in [-0.05, 0) is 30.7 Å². The SMILES string of the molecule is C=CCN1CC[C@@H](C(=O)c2ccccc2)[C@@H]1c1ccc(F)cc1. The topological polar surface area (TPSA) is 20.3 Å². The first kappa shape index (κ1) is 15.6. The fourth-order valence-corrected chi connectivity index (χ4v) is 3.42. The first-order chi connectivity index (χ1) is 11.2. The molecule has 2 nitrogen and oxygen atoms in total. The van der Waals surface area contributed by atoms with Crippen LogP contribution in [0, 0.1) is 11.7 Å². The summed E-state index contributed by atoms with van der Waals surface area (Å²) in [5, 5.41) is 0. The van der Waals surface area contributed by atoms with Gasteiger partial charge in [0.15, 0.2) is 5.78 Å². The zero-order chi connectivity index (χ0) is 16.2. The van der Waals surface area contributed by atoms with E-state index in [4.69, 9.17) is 0 Å². The van der Waals surface area contributed by atoms with Crippen molar-refractivity contribution >= 4 is 5.78 Å². The highest BCUT2D eigenvalue weighted by Gasteiger charge is 2.39. The van der Waals surface area contributed by atoms with Gasteiger partial charge < -0.3 is 0 Å². The van der Waals surface area contributed by atoms with E-state index in [1.165, 1.54) is 12.1 Å². The maximum Gasteiger partial charge on any atom is 0.167 e. The molecule has 2 aromatic carbocycles. The van der Waals surface area contributed by atoms with Crippen molar-refractivity contribution < 1.29 is 9.18 Å². The predicted octanol–water partition coefficient (Wildman–Crippen LogP) is 4.26. The molecule has 1 aliphatic heterocycles. The lowest BCUT2D eigenvalue weighted by molar-refractivity contribution is 0.0885. The Morgan fingerprint density at radius 2 is 1.87 bits per heavy atom. The van der Waals surface area contributed by atoms with E-state index in [0.29, 0.717) is 0 Å². The summed E-state index contributed by atoms with van der Waals surface area (Å²) in [6.07, 6.45) is 2.66. The Morgan fingerprint density at radius 3 is 2.52 bits per heavy atom. The van der Waals surface area contributed by atoms with E-state index in [1.54, 1.807) is 12.1 Å². The molecule has 0 bridgehead atoms. The van der Waals surface area contributed by atoms with Crippen LogP contribution in [0.25, 0.3) is 0 Å². The van der Waals surface area contributed by atoms with E-state index in [-0.39, 0.29) is 23.6 Å². The lowest BCUT2D eigenvalue weighted by Gasteiger charge is -2.27. The lowest BCUT2D eigenvalue weighted by Crippen LogP contribution is -2.28. The summed E-state index contributed by atoms with van der Waals surface area (Å²) in [6, 6.07) is 15.9. The highest BCUT2D eigenvalue weighted by molar-refractivity contribution is 5.98. The Morgan fingerprint density at radius 1 is 1.17 bits per heavy atom. The maximum atomic E-state index is 13.2. The van der Waals surface area contributed by atoms with Gasteiger partial charge in [0.1, 0.15) is 5.82 Å². The Bertz CT molecular complexity index is 681. The van der Waals surface area contributed by atoms with Crippen molar-refractivity contribution in [2.75, 3.05) is 13.1 Å². The molecule has 0 unspecified atom stereocenters. The van der Waals surface area contributed by atoms with Crippen LogP contribution in [-0.4, -0.2) is 23.8 Å². The average molecular weight is 309 g/mol. The minimum Gasteiger partial charge on any atom is -0.294 e. The fraction of sp³-hybridized carbons (Fsp3) is 0.250. The van der Waals surface area contributed by atoms with Gasteiger partial charge in [0.25, 0.3) is 0 Å². The molecule has 118 valence electrons. The molecule has 0 aliphatic carbocycles. The summed E-state index contributed by atoms with van der Waals surface area (Å²) in [5.41, 5.74) is 1.73. The standard InChI is InChI=1S/C20H20FNO/c1-2-13-22-14-12-18(20(23)16-6-4-3-5-7-16)19(22)15-8-10-17(21)11-9-15/h2-11,18-19H,1,12-14H2/t18-,19+/m1/s1. The van der Waals surface area contributed by atoms with Gasteiger partial charge in [-0.25, -0.2) is 4.39 Å². The van der Waals surface area contributed by atoms with Crippen LogP contribution >= 0.6 is 0 Å². The molecule has 0 spiro atoms. The van der Waals surface area contributed by atoms with Crippen molar-refractivity contribution in [3.8, 4) is 0 Å². The van der Waals surface area contributed by atoms with Crippen LogP contribution in [0.2, 0.25) is 0 Å². The van der Waals surface area contributed by atoms with Crippen molar-refractivity contribution in [1.82, 2.24) is 4.90 Å². The Hall–Kier alpha value is -2.26. The molecule has 23 heavy (non-hydrogen) atoms. The van der Waals surface area contributed by atoms with Crippen LogP contribution < -0.4 is 0 Å². The van der Waals surface area contributed by atoms with E-state index >= 15 is 0 Å². The van der Waals surface area contributed by atoms with Crippen LogP contribution in [-0.2, 0) is 0 Å². The molecule has 3 rings (SSSR count). The lowest BCUT2D eigenvalue weighted by atomic mass is 9.87. The van der Waals surface area contributed by atoms with Gasteiger partial charge in [-0.1, -0.05) is 48.5 Å². The van der Waals surface area contributed by atoms with E-state index in [9.17, 15) is 9.18 Å². The molecule has 0 N–H and O–H groups in total. The minimum absolute atomic E-state index is 0.0266. The normalized spacial score (nSPS) is 21.3. The van der Waals surface area contributed by atoms with E-state index in [0.717, 1.165) is 30.6 Å². The van der Waals surface area contributed by atoms with E-state index < -0.39 is 0 Å². The number of likely N-dealkylation sites (tertiary alicyclic amines) is 1. The largest absolute Gasteiger partial charge is 0.294 e. The Labute approximate surface area is 136 Å². The molecule has 0 aromatic heterocycles. The molecule has 1 aliphatic rings. The van der Waals surface area contributed by atoms with Gasteiger partial charge in [-0.3, -0.25) is 9.69 Å². The highest BCUT2D eigenvalue weighted by Crippen LogP contribution is 2.39. The smallest absolute Gasteiger partial charge is 0.167 e. The number of halogens is 1. The Kier molecular flexibility index (Phi) is 4.68. The monoisotopic (exact) mass is 309 g/mol. The number of carbonyl (C=O) groups excluding carboxylic acids is 1. The minimum atomic E-state index is -0.257. The third-order valence-corrected chi connectivity index (χ3v) is 4.47. The summed E-state index contributed by atoms with van der Waals surface area (Å²) in [4.78, 5) is 15.2. The molecule has 1 fully saturated rings. The summed E-state index contributed by atoms with van der Waals surface area (Å²) in [6.45, 7) is 5.38. The van der Waals surface area contributed by atoms with Gasteiger partial charge in [-0.15, -0.1) is 6.58 Å². The fourth-order valence-electron chi connectivity index (χ4n) is 3.42. The molecular weight excluding hydrogens is 289 g/mol. The maximum absolute atomic E-state index is 13.2. The first-order valence-electron chi connectivity index (χ1n) is 7.90. The highest BCUT2D eigenvalue weighted by atomic mass is 19.1. The number of rotatable bonds is 5. The number of ketones is 1. The van der Waals surface area contributed by atoms with Crippen molar-refractivity contribution in [3.63, 3.8) is 0 Å².